The molecule has 2 atom stereocenters. The number of hydrogen-bond acceptors (Lipinski definition) is 3. The van der Waals surface area contributed by atoms with Crippen molar-refractivity contribution < 1.29 is 9.47 Å². The Labute approximate surface area is 109 Å². The molecule has 0 amide bonds. The second-order valence-corrected chi connectivity index (χ2v) is 5.06. The highest BCUT2D eigenvalue weighted by atomic mass is 16.5. The first-order valence-corrected chi connectivity index (χ1v) is 6.62. The van der Waals surface area contributed by atoms with Crippen LogP contribution in [0.5, 0.6) is 5.75 Å². The smallest absolute Gasteiger partial charge is 0.122 e. The van der Waals surface area contributed by atoms with E-state index in [1.165, 1.54) is 11.1 Å². The Hall–Kier alpha value is -1.06. The minimum absolute atomic E-state index is 0.192. The van der Waals surface area contributed by atoms with Crippen molar-refractivity contribution in [3.05, 3.63) is 29.3 Å². The average molecular weight is 249 g/mol. The molecule has 0 fully saturated rings. The number of methoxy groups -OCH3 is 1. The van der Waals surface area contributed by atoms with Crippen molar-refractivity contribution >= 4 is 0 Å². The fourth-order valence-electron chi connectivity index (χ4n) is 2.68. The molecule has 1 N–H and O–H groups in total. The Morgan fingerprint density at radius 3 is 2.89 bits per heavy atom. The third-order valence-electron chi connectivity index (χ3n) is 4.11. The minimum atomic E-state index is -0.192. The zero-order valence-corrected chi connectivity index (χ0v) is 11.7. The predicted octanol–water partition coefficient (Wildman–Crippen LogP) is 2.70. The van der Waals surface area contributed by atoms with Crippen molar-refractivity contribution in [3.8, 4) is 5.75 Å². The number of rotatable bonds is 5. The number of benzene rings is 1. The van der Waals surface area contributed by atoms with Gasteiger partial charge in [0.05, 0.1) is 18.2 Å². The highest BCUT2D eigenvalue weighted by molar-refractivity contribution is 5.41. The van der Waals surface area contributed by atoms with E-state index in [2.05, 4.69) is 37.4 Å². The zero-order chi connectivity index (χ0) is 13.2. The van der Waals surface area contributed by atoms with Gasteiger partial charge in [0.2, 0.25) is 0 Å². The van der Waals surface area contributed by atoms with Crippen molar-refractivity contribution in [2.45, 2.75) is 38.3 Å². The van der Waals surface area contributed by atoms with Crippen molar-refractivity contribution in [2.75, 3.05) is 20.8 Å². The minimum Gasteiger partial charge on any atom is -0.493 e. The summed E-state index contributed by atoms with van der Waals surface area (Å²) >= 11 is 0. The number of hydrogen-bond donors (Lipinski definition) is 1. The molecular formula is C15H23NO2. The van der Waals surface area contributed by atoms with Gasteiger partial charge in [0, 0.05) is 13.5 Å². The summed E-state index contributed by atoms with van der Waals surface area (Å²) in [5, 5.41) is 3.39. The third-order valence-corrected chi connectivity index (χ3v) is 4.11. The summed E-state index contributed by atoms with van der Waals surface area (Å²) in [6, 6.07) is 6.65. The number of fused-ring (bicyclic) bond motifs is 1. The van der Waals surface area contributed by atoms with E-state index in [4.69, 9.17) is 9.47 Å². The zero-order valence-electron chi connectivity index (χ0n) is 11.7. The first kappa shape index (κ1) is 13.4. The molecule has 2 unspecified atom stereocenters. The Morgan fingerprint density at radius 1 is 1.50 bits per heavy atom. The van der Waals surface area contributed by atoms with Crippen LogP contribution in [0, 0.1) is 0 Å². The quantitative estimate of drug-likeness (QED) is 0.870. The van der Waals surface area contributed by atoms with Crippen molar-refractivity contribution in [1.29, 1.82) is 0 Å². The first-order chi connectivity index (χ1) is 8.64. The monoisotopic (exact) mass is 249 g/mol. The van der Waals surface area contributed by atoms with E-state index in [0.29, 0.717) is 0 Å². The number of ether oxygens (including phenoxy) is 2. The summed E-state index contributed by atoms with van der Waals surface area (Å²) in [7, 11) is 3.77. The Morgan fingerprint density at radius 2 is 2.28 bits per heavy atom. The van der Waals surface area contributed by atoms with Gasteiger partial charge in [0.15, 0.2) is 0 Å². The lowest BCUT2D eigenvalue weighted by molar-refractivity contribution is -0.0280. The molecule has 1 aromatic carbocycles. The average Bonchev–Trinajstić information content (AvgIpc) is 2.86. The number of likely N-dealkylation sites (N-methyl/N-ethyl adjacent to an activating group) is 1. The molecule has 2 rings (SSSR count). The Kier molecular flexibility index (Phi) is 3.93. The Bertz CT molecular complexity index is 413. The molecule has 0 spiro atoms. The van der Waals surface area contributed by atoms with Crippen LogP contribution in [-0.2, 0) is 11.2 Å². The summed E-state index contributed by atoms with van der Waals surface area (Å²) < 4.78 is 11.3. The van der Waals surface area contributed by atoms with Crippen LogP contribution in [0.15, 0.2) is 18.2 Å². The molecule has 0 bridgehead atoms. The second kappa shape index (κ2) is 5.29. The molecule has 18 heavy (non-hydrogen) atoms. The lowest BCUT2D eigenvalue weighted by Gasteiger charge is -2.36. The van der Waals surface area contributed by atoms with Gasteiger partial charge in [-0.05, 0) is 37.6 Å². The van der Waals surface area contributed by atoms with Crippen LogP contribution in [0.1, 0.15) is 37.4 Å². The first-order valence-electron chi connectivity index (χ1n) is 6.62. The highest BCUT2D eigenvalue weighted by Crippen LogP contribution is 2.35. The maximum atomic E-state index is 5.72. The van der Waals surface area contributed by atoms with Crippen LogP contribution in [-0.4, -0.2) is 26.4 Å². The fourth-order valence-corrected chi connectivity index (χ4v) is 2.68. The van der Waals surface area contributed by atoms with Crippen LogP contribution >= 0.6 is 0 Å². The van der Waals surface area contributed by atoms with Gasteiger partial charge in [-0.15, -0.1) is 0 Å². The van der Waals surface area contributed by atoms with E-state index in [9.17, 15) is 0 Å². The third kappa shape index (κ3) is 2.25. The molecule has 1 aliphatic rings. The van der Waals surface area contributed by atoms with Gasteiger partial charge in [-0.25, -0.2) is 0 Å². The molecule has 0 saturated heterocycles. The maximum absolute atomic E-state index is 5.72. The SMILES string of the molecule is CCC(C)(OC)C(NC)c1ccc2c(c1)CCO2. The molecule has 0 radical (unpaired) electrons. The van der Waals surface area contributed by atoms with E-state index >= 15 is 0 Å². The van der Waals surface area contributed by atoms with Crippen molar-refractivity contribution in [2.24, 2.45) is 0 Å². The fraction of sp³-hybridized carbons (Fsp3) is 0.600. The van der Waals surface area contributed by atoms with Gasteiger partial charge < -0.3 is 14.8 Å². The predicted molar refractivity (Wildman–Crippen MR) is 73.1 cm³/mol. The molecule has 3 heteroatoms. The lowest BCUT2D eigenvalue weighted by atomic mass is 9.87. The summed E-state index contributed by atoms with van der Waals surface area (Å²) in [5.41, 5.74) is 2.39. The molecule has 0 saturated carbocycles. The molecule has 1 aliphatic heterocycles. The van der Waals surface area contributed by atoms with Crippen molar-refractivity contribution in [3.63, 3.8) is 0 Å². The summed E-state index contributed by atoms with van der Waals surface area (Å²) in [6.07, 6.45) is 1.97. The standard InChI is InChI=1S/C15H23NO2/c1-5-15(2,17-4)14(16-3)12-6-7-13-11(10-12)8-9-18-13/h6-7,10,14,16H,5,8-9H2,1-4H3. The highest BCUT2D eigenvalue weighted by Gasteiger charge is 2.33. The molecule has 100 valence electrons. The normalized spacial score (nSPS) is 18.9. The van der Waals surface area contributed by atoms with E-state index in [1.807, 2.05) is 7.05 Å². The van der Waals surface area contributed by atoms with E-state index in [1.54, 1.807) is 7.11 Å². The van der Waals surface area contributed by atoms with Gasteiger partial charge in [-0.1, -0.05) is 19.1 Å². The van der Waals surface area contributed by atoms with Crippen LogP contribution in [0.2, 0.25) is 0 Å². The summed E-state index contributed by atoms with van der Waals surface area (Å²) in [4.78, 5) is 0. The lowest BCUT2D eigenvalue weighted by Crippen LogP contribution is -2.41. The second-order valence-electron chi connectivity index (χ2n) is 5.06. The van der Waals surface area contributed by atoms with Crippen LogP contribution in [0.4, 0.5) is 0 Å². The molecular weight excluding hydrogens is 226 g/mol. The molecule has 0 aromatic heterocycles. The summed E-state index contributed by atoms with van der Waals surface area (Å²) in [5.74, 6) is 1.03. The van der Waals surface area contributed by atoms with E-state index < -0.39 is 0 Å². The van der Waals surface area contributed by atoms with Gasteiger partial charge >= 0.3 is 0 Å². The molecule has 3 nitrogen and oxygen atoms in total. The van der Waals surface area contributed by atoms with E-state index in [0.717, 1.165) is 25.2 Å². The van der Waals surface area contributed by atoms with Gasteiger partial charge in [-0.3, -0.25) is 0 Å². The van der Waals surface area contributed by atoms with Gasteiger partial charge in [0.1, 0.15) is 5.75 Å². The van der Waals surface area contributed by atoms with Crippen LogP contribution in [0.25, 0.3) is 0 Å². The summed E-state index contributed by atoms with van der Waals surface area (Å²) in [6.45, 7) is 5.11. The topological polar surface area (TPSA) is 30.5 Å². The van der Waals surface area contributed by atoms with E-state index in [-0.39, 0.29) is 11.6 Å². The molecule has 1 heterocycles. The van der Waals surface area contributed by atoms with Crippen molar-refractivity contribution in [1.82, 2.24) is 5.32 Å². The number of nitrogens with one attached hydrogen (secondary N) is 1. The largest absolute Gasteiger partial charge is 0.493 e. The van der Waals surface area contributed by atoms with Gasteiger partial charge in [-0.2, -0.15) is 0 Å². The van der Waals surface area contributed by atoms with Gasteiger partial charge in [0.25, 0.3) is 0 Å². The van der Waals surface area contributed by atoms with Crippen LogP contribution < -0.4 is 10.1 Å². The maximum Gasteiger partial charge on any atom is 0.122 e. The van der Waals surface area contributed by atoms with Crippen LogP contribution in [0.3, 0.4) is 0 Å². The molecule has 0 aliphatic carbocycles. The molecule has 1 aromatic rings. The Balaban J connectivity index is 2.33.